The Morgan fingerprint density at radius 3 is 2.82 bits per heavy atom. The summed E-state index contributed by atoms with van der Waals surface area (Å²) in [6.45, 7) is 2.40. The Labute approximate surface area is 129 Å². The van der Waals surface area contributed by atoms with E-state index in [1.165, 1.54) is 0 Å². The SMILES string of the molecule is Cc1cccnc1NC(=O)C(=O)N1CCCc2ccccc21. The second kappa shape index (κ2) is 5.97. The summed E-state index contributed by atoms with van der Waals surface area (Å²) in [5, 5.41) is 2.60. The summed E-state index contributed by atoms with van der Waals surface area (Å²) in [7, 11) is 0. The van der Waals surface area contributed by atoms with Crippen molar-refractivity contribution in [3.05, 3.63) is 53.7 Å². The van der Waals surface area contributed by atoms with Crippen molar-refractivity contribution in [3.63, 3.8) is 0 Å². The zero-order chi connectivity index (χ0) is 15.5. The van der Waals surface area contributed by atoms with Crippen molar-refractivity contribution >= 4 is 23.3 Å². The number of para-hydroxylation sites is 1. The van der Waals surface area contributed by atoms with Crippen molar-refractivity contribution in [2.24, 2.45) is 0 Å². The highest BCUT2D eigenvalue weighted by atomic mass is 16.2. The first-order valence-electron chi connectivity index (χ1n) is 7.29. The van der Waals surface area contributed by atoms with Crippen LogP contribution in [0.25, 0.3) is 0 Å². The third-order valence-corrected chi connectivity index (χ3v) is 3.79. The molecule has 0 radical (unpaired) electrons. The lowest BCUT2D eigenvalue weighted by Gasteiger charge is -2.28. The number of pyridine rings is 1. The van der Waals surface area contributed by atoms with Gasteiger partial charge in [0.1, 0.15) is 5.82 Å². The Morgan fingerprint density at radius 1 is 1.18 bits per heavy atom. The summed E-state index contributed by atoms with van der Waals surface area (Å²) >= 11 is 0. The number of carbonyl (C=O) groups excluding carboxylic acids is 2. The molecule has 0 spiro atoms. The topological polar surface area (TPSA) is 62.3 Å². The van der Waals surface area contributed by atoms with E-state index in [1.54, 1.807) is 17.2 Å². The number of benzene rings is 1. The highest BCUT2D eigenvalue weighted by molar-refractivity contribution is 6.44. The number of hydrogen-bond acceptors (Lipinski definition) is 3. The molecule has 0 aliphatic carbocycles. The molecule has 2 heterocycles. The van der Waals surface area contributed by atoms with Crippen LogP contribution in [-0.4, -0.2) is 23.3 Å². The highest BCUT2D eigenvalue weighted by Crippen LogP contribution is 2.26. The number of aryl methyl sites for hydroxylation is 2. The van der Waals surface area contributed by atoms with Crippen LogP contribution in [0.3, 0.4) is 0 Å². The van der Waals surface area contributed by atoms with Gasteiger partial charge < -0.3 is 10.2 Å². The first-order chi connectivity index (χ1) is 10.7. The predicted molar refractivity (Wildman–Crippen MR) is 84.7 cm³/mol. The molecule has 1 N–H and O–H groups in total. The average Bonchev–Trinajstić information content (AvgIpc) is 2.55. The maximum atomic E-state index is 12.5. The molecular formula is C17H17N3O2. The maximum Gasteiger partial charge on any atom is 0.316 e. The van der Waals surface area contributed by atoms with Gasteiger partial charge in [-0.05, 0) is 43.0 Å². The van der Waals surface area contributed by atoms with Crippen LogP contribution in [0, 0.1) is 6.92 Å². The molecule has 5 heteroatoms. The molecule has 112 valence electrons. The Morgan fingerprint density at radius 2 is 2.00 bits per heavy atom. The van der Waals surface area contributed by atoms with Gasteiger partial charge in [-0.15, -0.1) is 0 Å². The van der Waals surface area contributed by atoms with Gasteiger partial charge >= 0.3 is 11.8 Å². The molecule has 1 aliphatic heterocycles. The Balaban J connectivity index is 1.80. The number of fused-ring (bicyclic) bond motifs is 1. The smallest absolute Gasteiger partial charge is 0.304 e. The number of rotatable bonds is 1. The zero-order valence-corrected chi connectivity index (χ0v) is 12.4. The molecule has 2 aromatic rings. The van der Waals surface area contributed by atoms with E-state index in [0.717, 1.165) is 29.7 Å². The minimum Gasteiger partial charge on any atom is -0.304 e. The summed E-state index contributed by atoms with van der Waals surface area (Å²) < 4.78 is 0. The number of hydrogen-bond donors (Lipinski definition) is 1. The molecule has 0 saturated heterocycles. The highest BCUT2D eigenvalue weighted by Gasteiger charge is 2.27. The van der Waals surface area contributed by atoms with Crippen LogP contribution in [0.15, 0.2) is 42.6 Å². The van der Waals surface area contributed by atoms with Crippen molar-refractivity contribution in [2.75, 3.05) is 16.8 Å². The van der Waals surface area contributed by atoms with E-state index in [2.05, 4.69) is 10.3 Å². The number of anilines is 2. The second-order valence-corrected chi connectivity index (χ2v) is 5.31. The molecule has 0 atom stereocenters. The van der Waals surface area contributed by atoms with Gasteiger partial charge in [0.05, 0.1) is 0 Å². The fourth-order valence-corrected chi connectivity index (χ4v) is 2.64. The lowest BCUT2D eigenvalue weighted by atomic mass is 10.0. The summed E-state index contributed by atoms with van der Waals surface area (Å²) in [4.78, 5) is 30.3. The average molecular weight is 295 g/mol. The van der Waals surface area contributed by atoms with Crippen molar-refractivity contribution in [1.29, 1.82) is 0 Å². The lowest BCUT2D eigenvalue weighted by Crippen LogP contribution is -2.42. The summed E-state index contributed by atoms with van der Waals surface area (Å²) in [5.41, 5.74) is 2.75. The van der Waals surface area contributed by atoms with Crippen LogP contribution < -0.4 is 10.2 Å². The van der Waals surface area contributed by atoms with Gasteiger partial charge in [-0.25, -0.2) is 4.98 Å². The van der Waals surface area contributed by atoms with Gasteiger partial charge in [0.2, 0.25) is 0 Å². The molecule has 0 unspecified atom stereocenters. The van der Waals surface area contributed by atoms with E-state index >= 15 is 0 Å². The first kappa shape index (κ1) is 14.3. The van der Waals surface area contributed by atoms with E-state index in [0.29, 0.717) is 12.4 Å². The van der Waals surface area contributed by atoms with Crippen LogP contribution in [0.4, 0.5) is 11.5 Å². The van der Waals surface area contributed by atoms with Gasteiger partial charge in [0, 0.05) is 18.4 Å². The van der Waals surface area contributed by atoms with E-state index in [4.69, 9.17) is 0 Å². The standard InChI is InChI=1S/C17H17N3O2/c1-12-6-4-10-18-15(12)19-16(21)17(22)20-11-5-8-13-7-2-3-9-14(13)20/h2-4,6-7,9-10H,5,8,11H2,1H3,(H,18,19,21). The number of carbonyl (C=O) groups is 2. The third-order valence-electron chi connectivity index (χ3n) is 3.79. The monoisotopic (exact) mass is 295 g/mol. The quantitative estimate of drug-likeness (QED) is 0.821. The first-order valence-corrected chi connectivity index (χ1v) is 7.29. The Kier molecular flexibility index (Phi) is 3.87. The van der Waals surface area contributed by atoms with Crippen molar-refractivity contribution in [2.45, 2.75) is 19.8 Å². The number of aromatic nitrogens is 1. The predicted octanol–water partition coefficient (Wildman–Crippen LogP) is 2.31. The molecule has 1 aliphatic rings. The van der Waals surface area contributed by atoms with Gasteiger partial charge in [-0.1, -0.05) is 24.3 Å². The zero-order valence-electron chi connectivity index (χ0n) is 12.4. The summed E-state index contributed by atoms with van der Waals surface area (Å²) in [6.07, 6.45) is 3.38. The van der Waals surface area contributed by atoms with E-state index in [1.807, 2.05) is 37.3 Å². The normalized spacial score (nSPS) is 13.4. The van der Waals surface area contributed by atoms with Crippen LogP contribution >= 0.6 is 0 Å². The van der Waals surface area contributed by atoms with Crippen molar-refractivity contribution in [1.82, 2.24) is 4.98 Å². The van der Waals surface area contributed by atoms with E-state index in [-0.39, 0.29) is 0 Å². The molecule has 0 fully saturated rings. The van der Waals surface area contributed by atoms with Gasteiger partial charge in [0.15, 0.2) is 0 Å². The molecular weight excluding hydrogens is 278 g/mol. The molecule has 0 bridgehead atoms. The van der Waals surface area contributed by atoms with Crippen LogP contribution in [0.1, 0.15) is 17.5 Å². The molecule has 3 rings (SSSR count). The largest absolute Gasteiger partial charge is 0.316 e. The summed E-state index contributed by atoms with van der Waals surface area (Å²) in [6, 6.07) is 11.3. The number of nitrogens with zero attached hydrogens (tertiary/aromatic N) is 2. The second-order valence-electron chi connectivity index (χ2n) is 5.31. The number of nitrogens with one attached hydrogen (secondary N) is 1. The third kappa shape index (κ3) is 2.70. The van der Waals surface area contributed by atoms with Gasteiger partial charge in [0.25, 0.3) is 0 Å². The van der Waals surface area contributed by atoms with Gasteiger partial charge in [-0.2, -0.15) is 0 Å². The molecule has 22 heavy (non-hydrogen) atoms. The maximum absolute atomic E-state index is 12.5. The molecule has 1 aromatic heterocycles. The van der Waals surface area contributed by atoms with Crippen LogP contribution in [-0.2, 0) is 16.0 Å². The van der Waals surface area contributed by atoms with Crippen LogP contribution in [0.5, 0.6) is 0 Å². The number of amides is 2. The minimum atomic E-state index is -0.654. The van der Waals surface area contributed by atoms with E-state index in [9.17, 15) is 9.59 Å². The molecule has 1 aromatic carbocycles. The molecule has 0 saturated carbocycles. The Hall–Kier alpha value is -2.69. The fraction of sp³-hybridized carbons (Fsp3) is 0.235. The van der Waals surface area contributed by atoms with Crippen molar-refractivity contribution in [3.8, 4) is 0 Å². The molecule has 2 amide bonds. The molecule has 5 nitrogen and oxygen atoms in total. The van der Waals surface area contributed by atoms with Crippen molar-refractivity contribution < 1.29 is 9.59 Å². The lowest BCUT2D eigenvalue weighted by molar-refractivity contribution is -0.134. The Bertz CT molecular complexity index is 727. The summed E-state index contributed by atoms with van der Waals surface area (Å²) in [5.74, 6) is -0.776. The fourth-order valence-electron chi connectivity index (χ4n) is 2.64. The van der Waals surface area contributed by atoms with Crippen LogP contribution in [0.2, 0.25) is 0 Å². The van der Waals surface area contributed by atoms with E-state index < -0.39 is 11.8 Å². The van der Waals surface area contributed by atoms with Gasteiger partial charge in [-0.3, -0.25) is 9.59 Å². The minimum absolute atomic E-state index is 0.422.